The molecule has 0 aromatic carbocycles. The molecule has 0 spiro atoms. The first-order chi connectivity index (χ1) is 7.72. The van der Waals surface area contributed by atoms with Gasteiger partial charge in [-0.05, 0) is 12.8 Å². The average molecular weight is 225 g/mol. The second kappa shape index (κ2) is 4.61. The highest BCUT2D eigenvalue weighted by Crippen LogP contribution is 2.30. The van der Waals surface area contributed by atoms with Crippen LogP contribution in [-0.4, -0.2) is 34.7 Å². The van der Waals surface area contributed by atoms with Crippen LogP contribution in [0.5, 0.6) is 0 Å². The Morgan fingerprint density at radius 3 is 3.12 bits per heavy atom. The molecule has 1 aliphatic heterocycles. The molecular weight excluding hydrogens is 210 g/mol. The first kappa shape index (κ1) is 11.1. The molecule has 6 nitrogen and oxygen atoms in total. The maximum absolute atomic E-state index is 11.4. The van der Waals surface area contributed by atoms with E-state index in [1.807, 2.05) is 0 Å². The fourth-order valence-electron chi connectivity index (χ4n) is 1.98. The zero-order valence-electron chi connectivity index (χ0n) is 9.47. The molecule has 6 heteroatoms. The van der Waals surface area contributed by atoms with Gasteiger partial charge < -0.3 is 14.1 Å². The van der Waals surface area contributed by atoms with E-state index in [0.29, 0.717) is 18.4 Å². The lowest BCUT2D eigenvalue weighted by molar-refractivity contribution is -0.130. The molecule has 0 radical (unpaired) electrons. The monoisotopic (exact) mass is 225 g/mol. The van der Waals surface area contributed by atoms with E-state index < -0.39 is 0 Å². The van der Waals surface area contributed by atoms with Crippen molar-refractivity contribution >= 4 is 5.91 Å². The molecule has 0 bridgehead atoms. The highest BCUT2D eigenvalue weighted by Gasteiger charge is 2.31. The second-order valence-electron chi connectivity index (χ2n) is 3.84. The van der Waals surface area contributed by atoms with Gasteiger partial charge in [0.15, 0.2) is 0 Å². The standard InChI is InChI=1S/C10H15N3O3/c1-7(14)13-5-3-4-8(13)10-12-11-9(16-10)6-15-2/h8H,3-6H2,1-2H3. The van der Waals surface area contributed by atoms with Crippen LogP contribution in [0.15, 0.2) is 4.42 Å². The molecule has 1 atom stereocenters. The van der Waals surface area contributed by atoms with Crippen LogP contribution >= 0.6 is 0 Å². The quantitative estimate of drug-likeness (QED) is 0.764. The van der Waals surface area contributed by atoms with Crippen LogP contribution in [0.25, 0.3) is 0 Å². The number of amides is 1. The number of carbonyl (C=O) groups excluding carboxylic acids is 1. The van der Waals surface area contributed by atoms with Gasteiger partial charge in [0.25, 0.3) is 0 Å². The number of hydrogen-bond acceptors (Lipinski definition) is 5. The lowest BCUT2D eigenvalue weighted by atomic mass is 10.2. The summed E-state index contributed by atoms with van der Waals surface area (Å²) >= 11 is 0. The Hall–Kier alpha value is -1.43. The van der Waals surface area contributed by atoms with Crippen LogP contribution in [0.3, 0.4) is 0 Å². The van der Waals surface area contributed by atoms with Gasteiger partial charge >= 0.3 is 0 Å². The number of nitrogens with zero attached hydrogens (tertiary/aromatic N) is 3. The van der Waals surface area contributed by atoms with E-state index in [1.54, 1.807) is 18.9 Å². The van der Waals surface area contributed by atoms with Crippen molar-refractivity contribution in [1.82, 2.24) is 15.1 Å². The lowest BCUT2D eigenvalue weighted by Gasteiger charge is -2.19. The van der Waals surface area contributed by atoms with Crippen LogP contribution in [0, 0.1) is 0 Å². The van der Waals surface area contributed by atoms with E-state index in [2.05, 4.69) is 10.2 Å². The van der Waals surface area contributed by atoms with Gasteiger partial charge in [0.2, 0.25) is 17.7 Å². The third-order valence-electron chi connectivity index (χ3n) is 2.69. The summed E-state index contributed by atoms with van der Waals surface area (Å²) in [5.41, 5.74) is 0. The number of methoxy groups -OCH3 is 1. The van der Waals surface area contributed by atoms with E-state index in [4.69, 9.17) is 9.15 Å². The second-order valence-corrected chi connectivity index (χ2v) is 3.84. The van der Waals surface area contributed by atoms with Crippen molar-refractivity contribution in [3.05, 3.63) is 11.8 Å². The van der Waals surface area contributed by atoms with E-state index in [9.17, 15) is 4.79 Å². The largest absolute Gasteiger partial charge is 0.420 e. The summed E-state index contributed by atoms with van der Waals surface area (Å²) in [6.45, 7) is 2.63. The zero-order chi connectivity index (χ0) is 11.5. The third-order valence-corrected chi connectivity index (χ3v) is 2.69. The molecule has 0 N–H and O–H groups in total. The molecule has 0 saturated carbocycles. The highest BCUT2D eigenvalue weighted by atomic mass is 16.5. The van der Waals surface area contributed by atoms with Gasteiger partial charge in [0, 0.05) is 20.6 Å². The highest BCUT2D eigenvalue weighted by molar-refractivity contribution is 5.73. The Labute approximate surface area is 93.6 Å². The average Bonchev–Trinajstić information content (AvgIpc) is 2.83. The Bertz CT molecular complexity index is 377. The molecular formula is C10H15N3O3. The predicted octanol–water partition coefficient (Wildman–Crippen LogP) is 0.899. The van der Waals surface area contributed by atoms with E-state index in [-0.39, 0.29) is 11.9 Å². The minimum atomic E-state index is -0.0596. The lowest BCUT2D eigenvalue weighted by Crippen LogP contribution is -2.28. The summed E-state index contributed by atoms with van der Waals surface area (Å²) in [7, 11) is 1.57. The first-order valence-electron chi connectivity index (χ1n) is 5.31. The molecule has 2 rings (SSSR count). The summed E-state index contributed by atoms with van der Waals surface area (Å²) in [5.74, 6) is 1.02. The SMILES string of the molecule is COCc1nnc(C2CCCN2C(C)=O)o1. The van der Waals surface area contributed by atoms with Gasteiger partial charge in [-0.2, -0.15) is 0 Å². The number of likely N-dealkylation sites (tertiary alicyclic amines) is 1. The molecule has 16 heavy (non-hydrogen) atoms. The van der Waals surface area contributed by atoms with Crippen LogP contribution in [0.2, 0.25) is 0 Å². The summed E-state index contributed by atoms with van der Waals surface area (Å²) in [6, 6.07) is -0.0596. The summed E-state index contributed by atoms with van der Waals surface area (Å²) in [6.07, 6.45) is 1.86. The molecule has 2 heterocycles. The fourth-order valence-corrected chi connectivity index (χ4v) is 1.98. The molecule has 1 amide bonds. The Morgan fingerprint density at radius 1 is 1.62 bits per heavy atom. The summed E-state index contributed by atoms with van der Waals surface area (Å²) in [5, 5.41) is 7.82. The number of rotatable bonds is 3. The summed E-state index contributed by atoms with van der Waals surface area (Å²) < 4.78 is 10.3. The molecule has 1 aromatic rings. The van der Waals surface area contributed by atoms with Crippen molar-refractivity contribution in [1.29, 1.82) is 0 Å². The number of hydrogen-bond donors (Lipinski definition) is 0. The van der Waals surface area contributed by atoms with Gasteiger partial charge in [0.05, 0.1) is 0 Å². The van der Waals surface area contributed by atoms with Crippen molar-refractivity contribution in [2.24, 2.45) is 0 Å². The number of ether oxygens (including phenoxy) is 1. The minimum Gasteiger partial charge on any atom is -0.420 e. The maximum Gasteiger partial charge on any atom is 0.242 e. The number of aromatic nitrogens is 2. The number of carbonyl (C=O) groups is 1. The molecule has 0 aliphatic carbocycles. The van der Waals surface area contributed by atoms with Crippen LogP contribution < -0.4 is 0 Å². The van der Waals surface area contributed by atoms with Crippen LogP contribution in [0.4, 0.5) is 0 Å². The Balaban J connectivity index is 2.13. The topological polar surface area (TPSA) is 68.5 Å². The van der Waals surface area contributed by atoms with Gasteiger partial charge in [0.1, 0.15) is 12.6 Å². The van der Waals surface area contributed by atoms with Crippen LogP contribution in [-0.2, 0) is 16.1 Å². The molecule has 1 fully saturated rings. The van der Waals surface area contributed by atoms with Crippen molar-refractivity contribution in [3.8, 4) is 0 Å². The first-order valence-corrected chi connectivity index (χ1v) is 5.31. The van der Waals surface area contributed by atoms with Gasteiger partial charge in [-0.25, -0.2) is 0 Å². The normalized spacial score (nSPS) is 20.4. The van der Waals surface area contributed by atoms with Crippen LogP contribution in [0.1, 0.15) is 37.6 Å². The minimum absolute atomic E-state index is 0.0500. The van der Waals surface area contributed by atoms with Gasteiger partial charge in [-0.3, -0.25) is 4.79 Å². The molecule has 88 valence electrons. The molecule has 1 unspecified atom stereocenters. The van der Waals surface area contributed by atoms with E-state index in [1.165, 1.54) is 0 Å². The van der Waals surface area contributed by atoms with E-state index in [0.717, 1.165) is 19.4 Å². The van der Waals surface area contributed by atoms with Crippen molar-refractivity contribution < 1.29 is 13.9 Å². The summed E-state index contributed by atoms with van der Waals surface area (Å²) in [4.78, 5) is 13.1. The van der Waals surface area contributed by atoms with Gasteiger partial charge in [-0.1, -0.05) is 0 Å². The smallest absolute Gasteiger partial charge is 0.242 e. The van der Waals surface area contributed by atoms with E-state index >= 15 is 0 Å². The van der Waals surface area contributed by atoms with Crippen molar-refractivity contribution in [2.75, 3.05) is 13.7 Å². The Kier molecular flexibility index (Phi) is 3.19. The fraction of sp³-hybridized carbons (Fsp3) is 0.700. The maximum atomic E-state index is 11.4. The molecule has 1 aromatic heterocycles. The van der Waals surface area contributed by atoms with Gasteiger partial charge in [-0.15, -0.1) is 10.2 Å². The van der Waals surface area contributed by atoms with Crippen molar-refractivity contribution in [2.45, 2.75) is 32.4 Å². The predicted molar refractivity (Wildman–Crippen MR) is 54.4 cm³/mol. The Morgan fingerprint density at radius 2 is 2.44 bits per heavy atom. The third kappa shape index (κ3) is 2.06. The molecule has 1 aliphatic rings. The zero-order valence-corrected chi connectivity index (χ0v) is 9.47. The van der Waals surface area contributed by atoms with Crippen molar-refractivity contribution in [3.63, 3.8) is 0 Å². The molecule has 1 saturated heterocycles.